The fraction of sp³-hybridized carbons (Fsp3) is 0.571. The topological polar surface area (TPSA) is 137 Å². The zero-order valence-electron chi connectivity index (χ0n) is 27.7. The lowest BCUT2D eigenvalue weighted by molar-refractivity contribution is -0.144. The predicted molar refractivity (Wildman–Crippen MR) is 181 cm³/mol. The molecule has 10 nitrogen and oxygen atoms in total. The molecule has 2 fully saturated rings. The first-order valence-electron chi connectivity index (χ1n) is 16.0. The maximum Gasteiger partial charge on any atom is 0.315 e. The van der Waals surface area contributed by atoms with Gasteiger partial charge in [-0.15, -0.1) is 30.7 Å². The van der Waals surface area contributed by atoms with E-state index in [1.807, 2.05) is 65.0 Å². The normalized spacial score (nSPS) is 19.7. The van der Waals surface area contributed by atoms with Crippen LogP contribution in [0.2, 0.25) is 0 Å². The maximum absolute atomic E-state index is 14.3. The van der Waals surface area contributed by atoms with Crippen molar-refractivity contribution in [1.82, 2.24) is 26.2 Å². The van der Waals surface area contributed by atoms with Crippen LogP contribution in [-0.2, 0) is 19.2 Å². The fourth-order valence-corrected chi connectivity index (χ4v) is 6.83. The standard InChI is InChI=1S/C35H49N5O5S/c1-8-10-16-26(28(41)31(43)36-20-9-2)37-30(42)27-25(23(3)4)17-21-40(27)32(44)29(34(5,6)7)38-33(45)39-35(18-19-35)22-46-24-14-12-11-13-15-24/h1,9,11-15,23,25-27,29H,2,10,16-22H2,3-7H3,(H,36,43)(H,37,42)(H2,38,39,45)/t25?,26?,27-,29+/m0/s1. The molecule has 1 aromatic carbocycles. The van der Waals surface area contributed by atoms with Gasteiger partial charge in [0.15, 0.2) is 0 Å². The Kier molecular flexibility index (Phi) is 12.9. The van der Waals surface area contributed by atoms with Crippen molar-refractivity contribution in [3.8, 4) is 12.3 Å². The van der Waals surface area contributed by atoms with Crippen LogP contribution in [0.5, 0.6) is 0 Å². The van der Waals surface area contributed by atoms with Crippen molar-refractivity contribution < 1.29 is 24.0 Å². The number of ketones is 1. The van der Waals surface area contributed by atoms with Crippen molar-refractivity contribution in [2.24, 2.45) is 17.3 Å². The number of likely N-dealkylation sites (tertiary alicyclic amines) is 1. The minimum Gasteiger partial charge on any atom is -0.346 e. The van der Waals surface area contributed by atoms with Gasteiger partial charge in [0.05, 0.1) is 11.6 Å². The lowest BCUT2D eigenvalue weighted by Crippen LogP contribution is -2.61. The Morgan fingerprint density at radius 1 is 1.13 bits per heavy atom. The Bertz CT molecular complexity index is 1310. The quantitative estimate of drug-likeness (QED) is 0.0989. The third-order valence-corrected chi connectivity index (χ3v) is 9.88. The SMILES string of the molecule is C#CCCC(NC(=O)[C@@H]1C(C(C)C)CCN1C(=O)[C@@H](NC(=O)NC1(CSc2ccccc2)CC1)C(C)(C)C)C(=O)C(=O)NCC=C. The summed E-state index contributed by atoms with van der Waals surface area (Å²) in [5, 5.41) is 11.2. The molecule has 2 unspecified atom stereocenters. The predicted octanol–water partition coefficient (Wildman–Crippen LogP) is 3.67. The van der Waals surface area contributed by atoms with E-state index in [2.05, 4.69) is 33.8 Å². The van der Waals surface area contributed by atoms with Gasteiger partial charge in [0, 0.05) is 30.2 Å². The van der Waals surface area contributed by atoms with E-state index in [1.54, 1.807) is 11.8 Å². The summed E-state index contributed by atoms with van der Waals surface area (Å²) in [6.07, 6.45) is 9.40. The summed E-state index contributed by atoms with van der Waals surface area (Å²) in [6.45, 7) is 13.5. The Balaban J connectivity index is 1.77. The molecule has 11 heteroatoms. The molecule has 1 aliphatic carbocycles. The number of hydrogen-bond acceptors (Lipinski definition) is 6. The molecular formula is C35H49N5O5S. The second-order valence-electron chi connectivity index (χ2n) is 13.6. The van der Waals surface area contributed by atoms with Gasteiger partial charge < -0.3 is 26.2 Å². The molecule has 5 amide bonds. The monoisotopic (exact) mass is 651 g/mol. The highest BCUT2D eigenvalue weighted by molar-refractivity contribution is 7.99. The summed E-state index contributed by atoms with van der Waals surface area (Å²) in [5.41, 5.74) is -1.01. The molecule has 1 saturated heterocycles. The van der Waals surface area contributed by atoms with E-state index < -0.39 is 47.2 Å². The molecule has 2 aliphatic rings. The van der Waals surface area contributed by atoms with Gasteiger partial charge in [-0.1, -0.05) is 58.9 Å². The zero-order valence-corrected chi connectivity index (χ0v) is 28.5. The highest BCUT2D eigenvalue weighted by Gasteiger charge is 2.49. The number of carbonyl (C=O) groups excluding carboxylic acids is 5. The second-order valence-corrected chi connectivity index (χ2v) is 14.7. The summed E-state index contributed by atoms with van der Waals surface area (Å²) < 4.78 is 0. The summed E-state index contributed by atoms with van der Waals surface area (Å²) >= 11 is 1.68. The number of rotatable bonds is 15. The van der Waals surface area contributed by atoms with Gasteiger partial charge in [-0.2, -0.15) is 0 Å². The first-order valence-corrected chi connectivity index (χ1v) is 17.0. The number of terminal acetylenes is 1. The highest BCUT2D eigenvalue weighted by Crippen LogP contribution is 2.40. The van der Waals surface area contributed by atoms with Gasteiger partial charge in [-0.25, -0.2) is 4.79 Å². The van der Waals surface area contributed by atoms with Crippen molar-refractivity contribution in [1.29, 1.82) is 0 Å². The molecule has 1 aliphatic heterocycles. The lowest BCUT2D eigenvalue weighted by atomic mass is 9.84. The van der Waals surface area contributed by atoms with Crippen molar-refractivity contribution in [3.63, 3.8) is 0 Å². The zero-order chi connectivity index (χ0) is 34.1. The van der Waals surface area contributed by atoms with Crippen LogP contribution in [0, 0.1) is 29.6 Å². The number of hydrogen-bond donors (Lipinski definition) is 4. The van der Waals surface area contributed by atoms with Gasteiger partial charge in [-0.3, -0.25) is 19.2 Å². The smallest absolute Gasteiger partial charge is 0.315 e. The van der Waals surface area contributed by atoms with Crippen LogP contribution in [0.25, 0.3) is 0 Å². The van der Waals surface area contributed by atoms with Gasteiger partial charge >= 0.3 is 6.03 Å². The van der Waals surface area contributed by atoms with Crippen LogP contribution >= 0.6 is 11.8 Å². The van der Waals surface area contributed by atoms with E-state index in [9.17, 15) is 24.0 Å². The van der Waals surface area contributed by atoms with E-state index in [1.165, 1.54) is 11.0 Å². The van der Waals surface area contributed by atoms with E-state index in [4.69, 9.17) is 6.42 Å². The molecule has 4 atom stereocenters. The Morgan fingerprint density at radius 3 is 2.37 bits per heavy atom. The Hall–Kier alpha value is -3.78. The van der Waals surface area contributed by atoms with Crippen LogP contribution in [0.1, 0.15) is 66.7 Å². The molecule has 0 aromatic heterocycles. The summed E-state index contributed by atoms with van der Waals surface area (Å²) in [4.78, 5) is 69.6. The van der Waals surface area contributed by atoms with Crippen molar-refractivity contribution >= 4 is 41.3 Å². The molecule has 0 radical (unpaired) electrons. The Morgan fingerprint density at radius 2 is 1.80 bits per heavy atom. The van der Waals surface area contributed by atoms with Gasteiger partial charge in [0.25, 0.3) is 5.91 Å². The number of amides is 5. The summed E-state index contributed by atoms with van der Waals surface area (Å²) in [5.74, 6) is 0.470. The molecular weight excluding hydrogens is 602 g/mol. The van der Waals surface area contributed by atoms with Crippen LogP contribution in [0.4, 0.5) is 4.79 Å². The first-order chi connectivity index (χ1) is 21.7. The summed E-state index contributed by atoms with van der Waals surface area (Å²) in [7, 11) is 0. The van der Waals surface area contributed by atoms with Crippen molar-refractivity contribution in [3.05, 3.63) is 43.0 Å². The molecule has 1 aromatic rings. The average Bonchev–Trinajstić information content (AvgIpc) is 3.62. The molecule has 0 spiro atoms. The number of thioether (sulfide) groups is 1. The van der Waals surface area contributed by atoms with Gasteiger partial charge in [0.2, 0.25) is 17.6 Å². The average molecular weight is 652 g/mol. The first kappa shape index (κ1) is 36.7. The minimum absolute atomic E-state index is 0.0467. The third-order valence-electron chi connectivity index (χ3n) is 8.57. The van der Waals surface area contributed by atoms with Crippen LogP contribution in [-0.4, -0.2) is 76.9 Å². The molecule has 1 saturated carbocycles. The van der Waals surface area contributed by atoms with E-state index in [-0.39, 0.29) is 42.7 Å². The number of nitrogens with one attached hydrogen (secondary N) is 4. The molecule has 3 rings (SSSR count). The molecule has 250 valence electrons. The minimum atomic E-state index is -1.15. The number of benzene rings is 1. The third kappa shape index (κ3) is 9.86. The fourth-order valence-electron chi connectivity index (χ4n) is 5.68. The number of Topliss-reactive ketones (excluding diaryl/α,β-unsaturated/α-hetero) is 1. The van der Waals surface area contributed by atoms with Crippen LogP contribution in [0.15, 0.2) is 47.9 Å². The Labute approximate surface area is 277 Å². The molecule has 0 bridgehead atoms. The largest absolute Gasteiger partial charge is 0.346 e. The van der Waals surface area contributed by atoms with Crippen molar-refractivity contribution in [2.45, 2.75) is 95.3 Å². The van der Waals surface area contributed by atoms with Crippen LogP contribution < -0.4 is 21.3 Å². The van der Waals surface area contributed by atoms with E-state index >= 15 is 0 Å². The maximum atomic E-state index is 14.3. The number of nitrogens with zero attached hydrogens (tertiary/aromatic N) is 1. The van der Waals surface area contributed by atoms with Crippen molar-refractivity contribution in [2.75, 3.05) is 18.8 Å². The summed E-state index contributed by atoms with van der Waals surface area (Å²) in [6, 6.07) is 6.61. The van der Waals surface area contributed by atoms with E-state index in [0.29, 0.717) is 18.7 Å². The highest BCUT2D eigenvalue weighted by atomic mass is 32.2. The number of carbonyl (C=O) groups is 5. The molecule has 1 heterocycles. The molecule has 46 heavy (non-hydrogen) atoms. The second kappa shape index (κ2) is 16.2. The van der Waals surface area contributed by atoms with Crippen LogP contribution in [0.3, 0.4) is 0 Å². The molecule has 4 N–H and O–H groups in total. The van der Waals surface area contributed by atoms with Gasteiger partial charge in [-0.05, 0) is 55.1 Å². The van der Waals surface area contributed by atoms with E-state index in [0.717, 1.165) is 17.7 Å². The lowest BCUT2D eigenvalue weighted by Gasteiger charge is -2.37. The number of urea groups is 1. The van der Waals surface area contributed by atoms with Gasteiger partial charge in [0.1, 0.15) is 12.1 Å².